The lowest BCUT2D eigenvalue weighted by molar-refractivity contribution is -0.118. The lowest BCUT2D eigenvalue weighted by atomic mass is 10.2. The second-order valence-electron chi connectivity index (χ2n) is 4.33. The van der Waals surface area contributed by atoms with E-state index in [2.05, 4.69) is 27.9 Å². The van der Waals surface area contributed by atoms with Crippen molar-refractivity contribution in [3.05, 3.63) is 46.0 Å². The number of carbonyl (C=O) groups excluding carboxylic acids is 1. The summed E-state index contributed by atoms with van der Waals surface area (Å²) in [7, 11) is 3.11. The molecule has 0 unspecified atom stereocenters. The van der Waals surface area contributed by atoms with Gasteiger partial charge in [-0.1, -0.05) is 12.1 Å². The van der Waals surface area contributed by atoms with Crippen LogP contribution in [0.15, 0.2) is 42.5 Å². The van der Waals surface area contributed by atoms with Gasteiger partial charge in [0.05, 0.1) is 23.5 Å². The third-order valence-corrected chi connectivity index (χ3v) is 3.77. The van der Waals surface area contributed by atoms with Gasteiger partial charge in [0, 0.05) is 6.07 Å². The van der Waals surface area contributed by atoms with Crippen LogP contribution in [0.4, 0.5) is 5.69 Å². The summed E-state index contributed by atoms with van der Waals surface area (Å²) in [5, 5.41) is 2.76. The van der Waals surface area contributed by atoms with Crippen LogP contribution < -0.4 is 19.5 Å². The van der Waals surface area contributed by atoms with Gasteiger partial charge in [-0.2, -0.15) is 0 Å². The van der Waals surface area contributed by atoms with Gasteiger partial charge in [-0.05, 0) is 46.9 Å². The van der Waals surface area contributed by atoms with Crippen molar-refractivity contribution in [1.29, 1.82) is 0 Å². The fraction of sp³-hybridized carbons (Fsp3) is 0.188. The number of nitrogens with one attached hydrogen (secondary N) is 1. The van der Waals surface area contributed by atoms with Crippen LogP contribution in [0.3, 0.4) is 0 Å². The number of benzene rings is 2. The van der Waals surface area contributed by atoms with E-state index in [-0.39, 0.29) is 12.5 Å². The first-order valence-electron chi connectivity index (χ1n) is 6.53. The van der Waals surface area contributed by atoms with Gasteiger partial charge in [-0.15, -0.1) is 0 Å². The molecule has 5 nitrogen and oxygen atoms in total. The highest BCUT2D eigenvalue weighted by atomic mass is 127. The predicted octanol–water partition coefficient (Wildman–Crippen LogP) is 3.33. The minimum absolute atomic E-state index is 0.0742. The molecule has 0 radical (unpaired) electrons. The van der Waals surface area contributed by atoms with E-state index in [0.29, 0.717) is 22.9 Å². The minimum Gasteiger partial charge on any atom is -0.497 e. The summed E-state index contributed by atoms with van der Waals surface area (Å²) in [6.45, 7) is -0.0742. The van der Waals surface area contributed by atoms with Crippen LogP contribution in [0.1, 0.15) is 0 Å². The highest BCUT2D eigenvalue weighted by Gasteiger charge is 2.10. The molecule has 0 spiro atoms. The van der Waals surface area contributed by atoms with Crippen molar-refractivity contribution in [2.24, 2.45) is 0 Å². The molecule has 1 amide bonds. The smallest absolute Gasteiger partial charge is 0.262 e. The Labute approximate surface area is 142 Å². The summed E-state index contributed by atoms with van der Waals surface area (Å²) in [4.78, 5) is 12.0. The summed E-state index contributed by atoms with van der Waals surface area (Å²) in [5.74, 6) is 1.61. The van der Waals surface area contributed by atoms with Crippen LogP contribution >= 0.6 is 22.6 Å². The van der Waals surface area contributed by atoms with E-state index in [9.17, 15) is 4.79 Å². The molecule has 6 heteroatoms. The molecule has 0 bridgehead atoms. The molecule has 0 aliphatic rings. The van der Waals surface area contributed by atoms with Gasteiger partial charge in [-0.3, -0.25) is 4.79 Å². The zero-order valence-electron chi connectivity index (χ0n) is 12.3. The van der Waals surface area contributed by atoms with E-state index in [1.54, 1.807) is 25.3 Å². The maximum absolute atomic E-state index is 12.0. The molecule has 0 aliphatic carbocycles. The minimum atomic E-state index is -0.261. The highest BCUT2D eigenvalue weighted by Crippen LogP contribution is 2.29. The van der Waals surface area contributed by atoms with Crippen LogP contribution in [0.2, 0.25) is 0 Å². The fourth-order valence-corrected chi connectivity index (χ4v) is 2.34. The Balaban J connectivity index is 1.99. The first kappa shape index (κ1) is 16.4. The van der Waals surface area contributed by atoms with E-state index in [0.717, 1.165) is 3.57 Å². The Morgan fingerprint density at radius 2 is 1.86 bits per heavy atom. The molecule has 0 atom stereocenters. The van der Waals surface area contributed by atoms with E-state index >= 15 is 0 Å². The summed E-state index contributed by atoms with van der Waals surface area (Å²) < 4.78 is 16.8. The van der Waals surface area contributed by atoms with Crippen LogP contribution in [0.25, 0.3) is 0 Å². The van der Waals surface area contributed by atoms with Gasteiger partial charge in [-0.25, -0.2) is 0 Å². The molecule has 0 saturated carbocycles. The number of hydrogen-bond donors (Lipinski definition) is 1. The molecule has 0 heterocycles. The lowest BCUT2D eigenvalue weighted by Gasteiger charge is -2.12. The van der Waals surface area contributed by atoms with Gasteiger partial charge < -0.3 is 19.5 Å². The van der Waals surface area contributed by atoms with Crippen molar-refractivity contribution in [2.45, 2.75) is 0 Å². The second kappa shape index (κ2) is 7.88. The van der Waals surface area contributed by atoms with E-state index in [4.69, 9.17) is 14.2 Å². The van der Waals surface area contributed by atoms with Crippen LogP contribution in [0, 0.1) is 3.57 Å². The number of para-hydroxylation sites is 1. The number of halogens is 1. The van der Waals surface area contributed by atoms with Crippen molar-refractivity contribution in [3.63, 3.8) is 0 Å². The van der Waals surface area contributed by atoms with Gasteiger partial charge in [0.15, 0.2) is 6.61 Å². The number of ether oxygens (including phenoxy) is 3. The van der Waals surface area contributed by atoms with Gasteiger partial charge in [0.25, 0.3) is 5.91 Å². The van der Waals surface area contributed by atoms with Crippen LogP contribution in [0.5, 0.6) is 17.2 Å². The van der Waals surface area contributed by atoms with Crippen molar-refractivity contribution in [1.82, 2.24) is 0 Å². The Kier molecular flexibility index (Phi) is 5.88. The summed E-state index contributed by atoms with van der Waals surface area (Å²) in [6, 6.07) is 12.7. The molecule has 0 fully saturated rings. The fourth-order valence-electron chi connectivity index (χ4n) is 1.79. The molecule has 1 N–H and O–H groups in total. The zero-order valence-corrected chi connectivity index (χ0v) is 14.4. The third-order valence-electron chi connectivity index (χ3n) is 2.88. The molecule has 0 aliphatic heterocycles. The number of anilines is 1. The van der Waals surface area contributed by atoms with Gasteiger partial charge in [0.2, 0.25) is 0 Å². The number of hydrogen-bond acceptors (Lipinski definition) is 4. The summed E-state index contributed by atoms with van der Waals surface area (Å²) in [5.41, 5.74) is 0.569. The normalized spacial score (nSPS) is 9.95. The average Bonchev–Trinajstić information content (AvgIpc) is 2.54. The Morgan fingerprint density at radius 3 is 2.55 bits per heavy atom. The monoisotopic (exact) mass is 413 g/mol. The molecule has 116 valence electrons. The molecular formula is C16H16INO4. The zero-order chi connectivity index (χ0) is 15.9. The molecule has 2 aromatic carbocycles. The third kappa shape index (κ3) is 4.27. The Bertz CT molecular complexity index is 660. The largest absolute Gasteiger partial charge is 0.497 e. The molecule has 2 aromatic rings. The summed E-state index contributed by atoms with van der Waals surface area (Å²) >= 11 is 2.16. The highest BCUT2D eigenvalue weighted by molar-refractivity contribution is 14.1. The van der Waals surface area contributed by atoms with E-state index in [1.807, 2.05) is 24.3 Å². The standard InChI is InChI=1S/C16H16INO4/c1-20-11-7-8-13(15(9-11)21-2)18-16(19)10-22-14-6-4-3-5-12(14)17/h3-9H,10H2,1-2H3,(H,18,19). The first-order valence-corrected chi connectivity index (χ1v) is 7.61. The van der Waals surface area contributed by atoms with Crippen molar-refractivity contribution in [2.75, 3.05) is 26.1 Å². The van der Waals surface area contributed by atoms with Gasteiger partial charge in [0.1, 0.15) is 17.2 Å². The van der Waals surface area contributed by atoms with E-state index in [1.165, 1.54) is 7.11 Å². The first-order chi connectivity index (χ1) is 10.6. The molecule has 22 heavy (non-hydrogen) atoms. The van der Waals surface area contributed by atoms with Crippen molar-refractivity contribution >= 4 is 34.2 Å². The van der Waals surface area contributed by atoms with Gasteiger partial charge >= 0.3 is 0 Å². The lowest BCUT2D eigenvalue weighted by Crippen LogP contribution is -2.20. The Hall–Kier alpha value is -1.96. The molecule has 0 saturated heterocycles. The Morgan fingerprint density at radius 1 is 1.09 bits per heavy atom. The van der Waals surface area contributed by atoms with Crippen molar-refractivity contribution in [3.8, 4) is 17.2 Å². The maximum Gasteiger partial charge on any atom is 0.262 e. The second-order valence-corrected chi connectivity index (χ2v) is 5.50. The quantitative estimate of drug-likeness (QED) is 0.739. The number of methoxy groups -OCH3 is 2. The summed E-state index contributed by atoms with van der Waals surface area (Å²) in [6.07, 6.45) is 0. The average molecular weight is 413 g/mol. The molecule has 2 rings (SSSR count). The molecular weight excluding hydrogens is 397 g/mol. The number of rotatable bonds is 6. The van der Waals surface area contributed by atoms with Crippen LogP contribution in [-0.4, -0.2) is 26.7 Å². The molecule has 0 aromatic heterocycles. The number of carbonyl (C=O) groups is 1. The number of amides is 1. The van der Waals surface area contributed by atoms with Crippen LogP contribution in [-0.2, 0) is 4.79 Å². The van der Waals surface area contributed by atoms with E-state index < -0.39 is 0 Å². The predicted molar refractivity (Wildman–Crippen MR) is 92.8 cm³/mol. The maximum atomic E-state index is 12.0. The SMILES string of the molecule is COc1ccc(NC(=O)COc2ccccc2I)c(OC)c1. The topological polar surface area (TPSA) is 56.8 Å². The van der Waals surface area contributed by atoms with Crippen molar-refractivity contribution < 1.29 is 19.0 Å².